The van der Waals surface area contributed by atoms with E-state index in [9.17, 15) is 20.0 Å². The van der Waals surface area contributed by atoms with Crippen molar-refractivity contribution in [2.75, 3.05) is 5.33 Å². The van der Waals surface area contributed by atoms with Gasteiger partial charge in [-0.05, 0) is 0 Å². The Labute approximate surface area is 98.4 Å². The summed E-state index contributed by atoms with van der Waals surface area (Å²) in [6.07, 6.45) is 0. The number of benzene rings is 1. The number of phenolic OH excluding ortho intramolecular Hbond substituents is 1. The Morgan fingerprint density at radius 2 is 2.25 bits per heavy atom. The van der Waals surface area contributed by atoms with Crippen LogP contribution in [0.15, 0.2) is 12.1 Å². The van der Waals surface area contributed by atoms with Gasteiger partial charge in [-0.3, -0.25) is 14.9 Å². The summed E-state index contributed by atoms with van der Waals surface area (Å²) in [7, 11) is 0. The molecule has 0 saturated heterocycles. The summed E-state index contributed by atoms with van der Waals surface area (Å²) >= 11 is 2.90. The molecular formula is C9H5BrN2O4. The van der Waals surface area contributed by atoms with Gasteiger partial charge in [0.2, 0.25) is 0 Å². The van der Waals surface area contributed by atoms with Gasteiger partial charge in [-0.25, -0.2) is 0 Å². The molecule has 6 nitrogen and oxygen atoms in total. The van der Waals surface area contributed by atoms with Crippen molar-refractivity contribution in [3.05, 3.63) is 33.4 Å². The van der Waals surface area contributed by atoms with E-state index in [-0.39, 0.29) is 16.5 Å². The number of halogens is 1. The van der Waals surface area contributed by atoms with Crippen LogP contribution in [0.25, 0.3) is 0 Å². The van der Waals surface area contributed by atoms with E-state index in [0.29, 0.717) is 0 Å². The third-order valence-electron chi connectivity index (χ3n) is 1.85. The fourth-order valence-corrected chi connectivity index (χ4v) is 1.42. The lowest BCUT2D eigenvalue weighted by atomic mass is 10.0. The Kier molecular flexibility index (Phi) is 3.58. The summed E-state index contributed by atoms with van der Waals surface area (Å²) in [5.74, 6) is -1.09. The number of Topliss-reactive ketones (excluding diaryl/α,β-unsaturated/α-hetero) is 1. The predicted molar refractivity (Wildman–Crippen MR) is 57.6 cm³/mol. The maximum atomic E-state index is 11.4. The molecule has 0 unspecified atom stereocenters. The van der Waals surface area contributed by atoms with Crippen molar-refractivity contribution >= 4 is 27.4 Å². The molecule has 7 heteroatoms. The number of alkyl halides is 1. The first-order chi connectivity index (χ1) is 7.51. The molecule has 0 radical (unpaired) electrons. The largest absolute Gasteiger partial charge is 0.502 e. The van der Waals surface area contributed by atoms with Crippen molar-refractivity contribution in [2.24, 2.45) is 0 Å². The Morgan fingerprint density at radius 1 is 1.62 bits per heavy atom. The molecule has 0 saturated carbocycles. The number of aromatic hydroxyl groups is 1. The smallest absolute Gasteiger partial charge is 0.311 e. The molecule has 1 aromatic carbocycles. The molecular weight excluding hydrogens is 280 g/mol. The number of nitro groups is 1. The Bertz CT molecular complexity index is 507. The molecule has 0 atom stereocenters. The van der Waals surface area contributed by atoms with E-state index in [1.54, 1.807) is 6.07 Å². The van der Waals surface area contributed by atoms with Crippen LogP contribution in [-0.4, -0.2) is 21.1 Å². The first kappa shape index (κ1) is 12.1. The first-order valence-corrected chi connectivity index (χ1v) is 5.14. The summed E-state index contributed by atoms with van der Waals surface area (Å²) in [6, 6.07) is 3.50. The van der Waals surface area contributed by atoms with Crippen molar-refractivity contribution in [1.82, 2.24) is 0 Å². The number of hydrogen-bond acceptors (Lipinski definition) is 5. The van der Waals surface area contributed by atoms with Crippen LogP contribution in [0.3, 0.4) is 0 Å². The number of nitro benzene ring substituents is 1. The summed E-state index contributed by atoms with van der Waals surface area (Å²) in [4.78, 5) is 21.1. The van der Waals surface area contributed by atoms with Crippen molar-refractivity contribution in [3.8, 4) is 11.8 Å². The van der Waals surface area contributed by atoms with E-state index in [0.717, 1.165) is 12.1 Å². The number of hydrogen-bond donors (Lipinski definition) is 1. The molecule has 0 fully saturated rings. The van der Waals surface area contributed by atoms with Gasteiger partial charge < -0.3 is 5.11 Å². The molecule has 82 valence electrons. The zero-order valence-corrected chi connectivity index (χ0v) is 9.39. The maximum absolute atomic E-state index is 11.4. The number of nitrogens with zero attached hydrogens (tertiary/aromatic N) is 2. The zero-order chi connectivity index (χ0) is 12.3. The lowest BCUT2D eigenvalue weighted by Crippen LogP contribution is -2.04. The number of carbonyl (C=O) groups excluding carboxylic acids is 1. The number of nitriles is 1. The molecule has 0 spiro atoms. The molecule has 0 aliphatic rings. The topological polar surface area (TPSA) is 104 Å². The van der Waals surface area contributed by atoms with Gasteiger partial charge in [0, 0.05) is 17.7 Å². The van der Waals surface area contributed by atoms with Crippen LogP contribution in [0.5, 0.6) is 5.75 Å². The van der Waals surface area contributed by atoms with Gasteiger partial charge in [0.15, 0.2) is 11.5 Å². The third kappa shape index (κ3) is 2.17. The van der Waals surface area contributed by atoms with Gasteiger partial charge in [0.1, 0.15) is 6.07 Å². The minimum Gasteiger partial charge on any atom is -0.502 e. The lowest BCUT2D eigenvalue weighted by molar-refractivity contribution is -0.385. The van der Waals surface area contributed by atoms with E-state index in [1.807, 2.05) is 0 Å². The van der Waals surface area contributed by atoms with Crippen LogP contribution < -0.4 is 0 Å². The predicted octanol–water partition coefficient (Wildman–Crippen LogP) is 1.75. The second-order valence-corrected chi connectivity index (χ2v) is 3.37. The molecule has 1 aromatic rings. The molecule has 0 amide bonds. The molecule has 0 aliphatic carbocycles. The monoisotopic (exact) mass is 284 g/mol. The standard InChI is InChI=1S/C9H5BrN2O4/c10-3-9(14)6-2-7(12(15)16)8(13)1-5(6)4-11/h1-2,13H,3H2. The average Bonchev–Trinajstić information content (AvgIpc) is 2.27. The van der Waals surface area contributed by atoms with E-state index < -0.39 is 22.1 Å². The van der Waals surface area contributed by atoms with Gasteiger partial charge in [0.25, 0.3) is 0 Å². The molecule has 16 heavy (non-hydrogen) atoms. The van der Waals surface area contributed by atoms with Crippen molar-refractivity contribution < 1.29 is 14.8 Å². The van der Waals surface area contributed by atoms with Crippen LogP contribution in [0.1, 0.15) is 15.9 Å². The van der Waals surface area contributed by atoms with Crippen molar-refractivity contribution in [2.45, 2.75) is 0 Å². The van der Waals surface area contributed by atoms with Crippen LogP contribution in [-0.2, 0) is 0 Å². The van der Waals surface area contributed by atoms with Crippen LogP contribution in [0.4, 0.5) is 5.69 Å². The average molecular weight is 285 g/mol. The van der Waals surface area contributed by atoms with Crippen molar-refractivity contribution in [1.29, 1.82) is 5.26 Å². The second-order valence-electron chi connectivity index (χ2n) is 2.81. The molecule has 0 aliphatic heterocycles. The summed E-state index contributed by atoms with van der Waals surface area (Å²) < 4.78 is 0. The van der Waals surface area contributed by atoms with E-state index >= 15 is 0 Å². The fraction of sp³-hybridized carbons (Fsp3) is 0.111. The highest BCUT2D eigenvalue weighted by molar-refractivity contribution is 9.09. The highest BCUT2D eigenvalue weighted by Crippen LogP contribution is 2.29. The first-order valence-electron chi connectivity index (χ1n) is 4.02. The van der Waals surface area contributed by atoms with Crippen molar-refractivity contribution in [3.63, 3.8) is 0 Å². The van der Waals surface area contributed by atoms with Crippen LogP contribution in [0, 0.1) is 21.4 Å². The fourth-order valence-electron chi connectivity index (χ4n) is 1.12. The third-order valence-corrected chi connectivity index (χ3v) is 2.36. The van der Waals surface area contributed by atoms with Gasteiger partial charge in [0.05, 0.1) is 15.8 Å². The maximum Gasteiger partial charge on any atom is 0.311 e. The van der Waals surface area contributed by atoms with E-state index in [4.69, 9.17) is 5.26 Å². The minimum absolute atomic E-state index is 0.0520. The molecule has 1 rings (SSSR count). The van der Waals surface area contributed by atoms with Gasteiger partial charge >= 0.3 is 5.69 Å². The number of phenols is 1. The Morgan fingerprint density at radius 3 is 2.69 bits per heavy atom. The molecule has 0 bridgehead atoms. The van der Waals surface area contributed by atoms with Gasteiger partial charge in [-0.1, -0.05) is 15.9 Å². The highest BCUT2D eigenvalue weighted by atomic mass is 79.9. The summed E-state index contributed by atoms with van der Waals surface area (Å²) in [6.45, 7) is 0. The molecule has 1 N–H and O–H groups in total. The quantitative estimate of drug-likeness (QED) is 0.394. The van der Waals surface area contributed by atoms with Gasteiger partial charge in [-0.15, -0.1) is 0 Å². The number of rotatable bonds is 3. The normalized spacial score (nSPS) is 9.50. The molecule has 0 aromatic heterocycles. The lowest BCUT2D eigenvalue weighted by Gasteiger charge is -2.02. The van der Waals surface area contributed by atoms with Gasteiger partial charge in [-0.2, -0.15) is 5.26 Å². The second kappa shape index (κ2) is 4.72. The van der Waals surface area contributed by atoms with E-state index in [2.05, 4.69) is 15.9 Å². The van der Waals surface area contributed by atoms with Crippen LogP contribution in [0.2, 0.25) is 0 Å². The SMILES string of the molecule is N#Cc1cc(O)c([N+](=O)[O-])cc1C(=O)CBr. The summed E-state index contributed by atoms with van der Waals surface area (Å²) in [5, 5.41) is 28.4. The van der Waals surface area contributed by atoms with Crippen LogP contribution >= 0.6 is 15.9 Å². The number of carbonyl (C=O) groups is 1. The number of ketones is 1. The Hall–Kier alpha value is -1.94. The minimum atomic E-state index is -0.818. The van der Waals surface area contributed by atoms with E-state index in [1.165, 1.54) is 0 Å². The summed E-state index contributed by atoms with van der Waals surface area (Å²) in [5.41, 5.74) is -0.764. The highest BCUT2D eigenvalue weighted by Gasteiger charge is 2.20. The zero-order valence-electron chi connectivity index (χ0n) is 7.81. The Balaban J connectivity index is 3.48. The molecule has 0 heterocycles.